The molecule has 0 bridgehead atoms. The first-order valence-corrected chi connectivity index (χ1v) is 9.59. The summed E-state index contributed by atoms with van der Waals surface area (Å²) < 4.78 is 10.6. The molecule has 28 heavy (non-hydrogen) atoms. The van der Waals surface area contributed by atoms with Crippen molar-refractivity contribution in [2.24, 2.45) is 0 Å². The minimum Gasteiger partial charge on any atom is -0.489 e. The highest BCUT2D eigenvalue weighted by Crippen LogP contribution is 2.16. The Hall–Kier alpha value is -2.37. The molecular weight excluding hydrogens is 354 g/mol. The predicted octanol–water partition coefficient (Wildman–Crippen LogP) is 4.30. The summed E-state index contributed by atoms with van der Waals surface area (Å²) in [7, 11) is 1.40. The summed E-state index contributed by atoms with van der Waals surface area (Å²) in [4.78, 5) is 10.9. The van der Waals surface area contributed by atoms with Crippen LogP contribution in [0.3, 0.4) is 0 Å². The first kappa shape index (κ1) is 23.7. The van der Waals surface area contributed by atoms with Gasteiger partial charge in [0.25, 0.3) is 0 Å². The van der Waals surface area contributed by atoms with Gasteiger partial charge in [-0.2, -0.15) is 0 Å². The summed E-state index contributed by atoms with van der Waals surface area (Å²) in [5.41, 5.74) is 2.00. The Kier molecular flexibility index (Phi) is 10.9. The lowest BCUT2D eigenvalue weighted by atomic mass is 10.1. The largest absolute Gasteiger partial charge is 0.489 e. The first-order chi connectivity index (χ1) is 13.3. The number of carboxylic acids is 1. The van der Waals surface area contributed by atoms with Gasteiger partial charge in [-0.05, 0) is 23.3 Å². The molecule has 2 N–H and O–H groups in total. The maximum Gasteiger partial charge on any atom is 0.333 e. The summed E-state index contributed by atoms with van der Waals surface area (Å²) in [5, 5.41) is 12.3. The minimum atomic E-state index is -0.957. The van der Waals surface area contributed by atoms with Crippen molar-refractivity contribution < 1.29 is 19.4 Å². The van der Waals surface area contributed by atoms with Gasteiger partial charge in [0.05, 0.1) is 0 Å². The van der Waals surface area contributed by atoms with E-state index >= 15 is 0 Å². The number of benzene rings is 2. The van der Waals surface area contributed by atoms with E-state index in [0.717, 1.165) is 16.9 Å². The third kappa shape index (κ3) is 10.1. The molecule has 154 valence electrons. The van der Waals surface area contributed by atoms with E-state index in [4.69, 9.17) is 14.6 Å². The zero-order valence-electron chi connectivity index (χ0n) is 17.5. The fraction of sp³-hybridized carbons (Fsp3) is 0.435. The van der Waals surface area contributed by atoms with E-state index in [1.54, 1.807) is 0 Å². The Labute approximate surface area is 168 Å². The average molecular weight is 388 g/mol. The number of methoxy groups -OCH3 is 1. The first-order valence-electron chi connectivity index (χ1n) is 9.59. The Balaban J connectivity index is 0.000000480. The van der Waals surface area contributed by atoms with Crippen molar-refractivity contribution in [1.82, 2.24) is 5.32 Å². The number of hydrogen-bond donors (Lipinski definition) is 2. The fourth-order valence-corrected chi connectivity index (χ4v) is 2.61. The van der Waals surface area contributed by atoms with Crippen LogP contribution in [0.2, 0.25) is 0 Å². The standard InChI is InChI=1S/C17H18O4.C6H15N/c1-20-16(17(18)19)11-13-7-9-15(10-8-13)21-12-14-5-3-2-4-6-14;1-5(2)7-6(3)4/h2-10,16H,11-12H2,1H3,(H,18,19);5-7H,1-4H3. The second-order valence-corrected chi connectivity index (χ2v) is 7.16. The number of carboxylic acid groups (broad SMARTS) is 1. The van der Waals surface area contributed by atoms with Crippen molar-refractivity contribution in [3.63, 3.8) is 0 Å². The molecule has 1 atom stereocenters. The quantitative estimate of drug-likeness (QED) is 0.671. The molecule has 5 heteroatoms. The molecule has 0 spiro atoms. The van der Waals surface area contributed by atoms with Crippen LogP contribution < -0.4 is 10.1 Å². The smallest absolute Gasteiger partial charge is 0.333 e. The molecule has 0 aliphatic heterocycles. The van der Waals surface area contributed by atoms with Crippen LogP contribution in [-0.4, -0.2) is 36.4 Å². The van der Waals surface area contributed by atoms with Crippen molar-refractivity contribution in [1.29, 1.82) is 0 Å². The van der Waals surface area contributed by atoms with Crippen molar-refractivity contribution >= 4 is 5.97 Å². The number of hydrogen-bond acceptors (Lipinski definition) is 4. The summed E-state index contributed by atoms with van der Waals surface area (Å²) >= 11 is 0. The topological polar surface area (TPSA) is 67.8 Å². The molecule has 0 radical (unpaired) electrons. The van der Waals surface area contributed by atoms with Crippen LogP contribution >= 0.6 is 0 Å². The molecule has 1 unspecified atom stereocenters. The third-order valence-corrected chi connectivity index (χ3v) is 3.82. The van der Waals surface area contributed by atoms with Crippen LogP contribution in [0.1, 0.15) is 38.8 Å². The second-order valence-electron chi connectivity index (χ2n) is 7.16. The molecule has 0 aliphatic carbocycles. The molecule has 2 aromatic carbocycles. The van der Waals surface area contributed by atoms with Gasteiger partial charge in [0.2, 0.25) is 0 Å². The van der Waals surface area contributed by atoms with Crippen molar-refractivity contribution in [2.75, 3.05) is 7.11 Å². The molecule has 0 saturated heterocycles. The lowest BCUT2D eigenvalue weighted by Crippen LogP contribution is -2.29. The zero-order chi connectivity index (χ0) is 20.9. The van der Waals surface area contributed by atoms with Gasteiger partial charge in [-0.3, -0.25) is 0 Å². The maximum absolute atomic E-state index is 10.9. The van der Waals surface area contributed by atoms with Gasteiger partial charge in [0.1, 0.15) is 12.4 Å². The summed E-state index contributed by atoms with van der Waals surface area (Å²) in [6.07, 6.45) is -0.480. The molecule has 2 aromatic rings. The molecule has 0 aromatic heterocycles. The Bertz CT molecular complexity index is 663. The van der Waals surface area contributed by atoms with Gasteiger partial charge >= 0.3 is 5.97 Å². The minimum absolute atomic E-state index is 0.338. The Morgan fingerprint density at radius 3 is 1.93 bits per heavy atom. The molecule has 0 aliphatic rings. The van der Waals surface area contributed by atoms with Gasteiger partial charge in [-0.15, -0.1) is 0 Å². The second kappa shape index (κ2) is 12.9. The van der Waals surface area contributed by atoms with Crippen LogP contribution in [0.5, 0.6) is 5.75 Å². The predicted molar refractivity (Wildman–Crippen MR) is 113 cm³/mol. The SMILES string of the molecule is CC(C)NC(C)C.COC(Cc1ccc(OCc2ccccc2)cc1)C(=O)O. The van der Waals surface area contributed by atoms with Crippen LogP contribution in [0.25, 0.3) is 0 Å². The summed E-state index contributed by atoms with van der Waals surface area (Å²) in [6.45, 7) is 9.12. The number of aliphatic carboxylic acids is 1. The van der Waals surface area contributed by atoms with E-state index < -0.39 is 12.1 Å². The summed E-state index contributed by atoms with van der Waals surface area (Å²) in [5.74, 6) is -0.200. The van der Waals surface area contributed by atoms with Gasteiger partial charge < -0.3 is 19.9 Å². The molecule has 0 fully saturated rings. The highest BCUT2D eigenvalue weighted by atomic mass is 16.5. The monoisotopic (exact) mass is 387 g/mol. The fourth-order valence-electron chi connectivity index (χ4n) is 2.61. The van der Waals surface area contributed by atoms with Crippen LogP contribution in [0, 0.1) is 0 Å². The highest BCUT2D eigenvalue weighted by molar-refractivity contribution is 5.72. The Morgan fingerprint density at radius 2 is 1.50 bits per heavy atom. The highest BCUT2D eigenvalue weighted by Gasteiger charge is 2.16. The van der Waals surface area contributed by atoms with Crippen molar-refractivity contribution in [3.8, 4) is 5.75 Å². The third-order valence-electron chi connectivity index (χ3n) is 3.82. The van der Waals surface area contributed by atoms with E-state index in [-0.39, 0.29) is 0 Å². The molecule has 0 heterocycles. The Morgan fingerprint density at radius 1 is 0.929 bits per heavy atom. The molecule has 5 nitrogen and oxygen atoms in total. The molecule has 0 saturated carbocycles. The van der Waals surface area contributed by atoms with Gasteiger partial charge in [0.15, 0.2) is 6.10 Å². The van der Waals surface area contributed by atoms with Gasteiger partial charge in [0, 0.05) is 25.6 Å². The average Bonchev–Trinajstić information content (AvgIpc) is 2.65. The van der Waals surface area contributed by atoms with Crippen LogP contribution in [0.15, 0.2) is 54.6 Å². The number of rotatable bonds is 9. The van der Waals surface area contributed by atoms with E-state index in [9.17, 15) is 4.79 Å². The summed E-state index contributed by atoms with van der Waals surface area (Å²) in [6, 6.07) is 18.6. The van der Waals surface area contributed by atoms with E-state index in [2.05, 4.69) is 33.0 Å². The van der Waals surface area contributed by atoms with Gasteiger partial charge in [-0.1, -0.05) is 70.2 Å². The number of nitrogens with one attached hydrogen (secondary N) is 1. The molecular formula is C23H33NO4. The van der Waals surface area contributed by atoms with Gasteiger partial charge in [-0.25, -0.2) is 4.79 Å². The van der Waals surface area contributed by atoms with E-state index in [1.165, 1.54) is 7.11 Å². The molecule has 2 rings (SSSR count). The van der Waals surface area contributed by atoms with Crippen LogP contribution in [-0.2, 0) is 22.6 Å². The lowest BCUT2D eigenvalue weighted by molar-refractivity contribution is -0.148. The lowest BCUT2D eigenvalue weighted by Gasteiger charge is -2.11. The number of ether oxygens (including phenoxy) is 2. The van der Waals surface area contributed by atoms with Crippen LogP contribution in [0.4, 0.5) is 0 Å². The molecule has 0 amide bonds. The van der Waals surface area contributed by atoms with Crippen molar-refractivity contribution in [3.05, 3.63) is 65.7 Å². The van der Waals surface area contributed by atoms with Crippen molar-refractivity contribution in [2.45, 2.75) is 58.9 Å². The normalized spacial score (nSPS) is 11.7. The number of carbonyl (C=O) groups is 1. The maximum atomic E-state index is 10.9. The van der Waals surface area contributed by atoms with E-state index in [1.807, 2.05) is 54.6 Å². The zero-order valence-corrected chi connectivity index (χ0v) is 17.5. The van der Waals surface area contributed by atoms with E-state index in [0.29, 0.717) is 25.1 Å².